The van der Waals surface area contributed by atoms with Crippen LogP contribution in [0.1, 0.15) is 54.2 Å². The Hall–Kier alpha value is -8.34. The van der Waals surface area contributed by atoms with Crippen molar-refractivity contribution in [3.63, 3.8) is 0 Å². The molecule has 13 rings (SSSR count). The lowest BCUT2D eigenvalue weighted by Crippen LogP contribution is -2.29. The van der Waals surface area contributed by atoms with Crippen LogP contribution in [0.2, 0.25) is 0 Å². The van der Waals surface area contributed by atoms with E-state index in [2.05, 4.69) is 243 Å². The van der Waals surface area contributed by atoms with Crippen molar-refractivity contribution in [3.05, 3.63) is 258 Å². The van der Waals surface area contributed by atoms with Gasteiger partial charge in [0.25, 0.3) is 0 Å². The standard InChI is InChI=1S/C63H46N4/c1-5-6-23-46-40(2)63(43-19-9-7-10-20-43,44-21-11-8-12-22-44)55-38-45(31-33-48(46)55)66-35-34-41-36-52-50-25-15-18-29-57(50)67(59(52)39-58(41)66)61-64-56-28-17-14-26-51(56)60(65-61)42-30-32-49-47-24-13-16-27-53(47)62(3,4)54(49)37-42/h5-39H,1H2,2-4H3/b23-6-. The first-order chi connectivity index (χ1) is 32.9. The zero-order valence-electron chi connectivity index (χ0n) is 37.7. The molecule has 8 aromatic carbocycles. The number of aromatic nitrogens is 4. The molecule has 0 aliphatic heterocycles. The van der Waals surface area contributed by atoms with Crippen LogP contribution in [0.15, 0.2) is 225 Å². The Balaban J connectivity index is 1.02. The maximum absolute atomic E-state index is 5.56. The second-order valence-electron chi connectivity index (χ2n) is 18.6. The second-order valence-corrected chi connectivity index (χ2v) is 18.6. The van der Waals surface area contributed by atoms with Crippen LogP contribution in [0.5, 0.6) is 0 Å². The minimum Gasteiger partial charge on any atom is -0.316 e. The minimum absolute atomic E-state index is 0.135. The molecule has 0 atom stereocenters. The van der Waals surface area contributed by atoms with E-state index in [1.807, 2.05) is 6.08 Å². The Morgan fingerprint density at radius 1 is 0.537 bits per heavy atom. The SMILES string of the molecule is C=C/C=C\C1=C(C)C(c2ccccc2)(c2ccccc2)c2cc(-n3ccc4cc5c6ccccc6n(-c6nc(-c7ccc8c(c7)C(C)(C)c7ccccc7-8)c7ccccc7n6)c5cc43)ccc21. The van der Waals surface area contributed by atoms with E-state index < -0.39 is 5.41 Å². The Kier molecular flexibility index (Phi) is 8.50. The molecule has 3 aromatic heterocycles. The van der Waals surface area contributed by atoms with E-state index in [9.17, 15) is 0 Å². The first-order valence-corrected chi connectivity index (χ1v) is 23.2. The van der Waals surface area contributed by atoms with Gasteiger partial charge in [0.2, 0.25) is 5.95 Å². The van der Waals surface area contributed by atoms with Crippen molar-refractivity contribution in [2.75, 3.05) is 0 Å². The molecule has 0 saturated carbocycles. The van der Waals surface area contributed by atoms with Crippen LogP contribution in [0.4, 0.5) is 0 Å². The molecule has 0 saturated heterocycles. The lowest BCUT2D eigenvalue weighted by Gasteiger charge is -2.34. The first-order valence-electron chi connectivity index (χ1n) is 23.2. The largest absolute Gasteiger partial charge is 0.316 e. The fourth-order valence-electron chi connectivity index (χ4n) is 11.8. The summed E-state index contributed by atoms with van der Waals surface area (Å²) in [5.74, 6) is 0.648. The zero-order chi connectivity index (χ0) is 45.0. The van der Waals surface area contributed by atoms with Crippen LogP contribution >= 0.6 is 0 Å². The van der Waals surface area contributed by atoms with Gasteiger partial charge in [-0.15, -0.1) is 0 Å². The second kappa shape index (κ2) is 14.6. The quantitative estimate of drug-likeness (QED) is 0.150. The molecule has 0 spiro atoms. The van der Waals surface area contributed by atoms with Gasteiger partial charge in [0, 0.05) is 44.4 Å². The van der Waals surface area contributed by atoms with Gasteiger partial charge in [0.1, 0.15) is 0 Å². The van der Waals surface area contributed by atoms with E-state index in [-0.39, 0.29) is 5.41 Å². The topological polar surface area (TPSA) is 35.6 Å². The number of hydrogen-bond donors (Lipinski definition) is 0. The molecule has 3 heterocycles. The van der Waals surface area contributed by atoms with Gasteiger partial charge in [-0.05, 0) is 111 Å². The molecule has 0 N–H and O–H groups in total. The molecule has 0 radical (unpaired) electrons. The molecule has 0 amide bonds. The number of hydrogen-bond acceptors (Lipinski definition) is 2. The number of rotatable bonds is 7. The van der Waals surface area contributed by atoms with Gasteiger partial charge in [-0.3, -0.25) is 4.57 Å². The van der Waals surface area contributed by atoms with Crippen molar-refractivity contribution in [3.8, 4) is 34.0 Å². The molecule has 0 fully saturated rings. The molecular weight excluding hydrogens is 813 g/mol. The maximum atomic E-state index is 5.56. The fraction of sp³-hybridized carbons (Fsp3) is 0.0794. The molecule has 0 bridgehead atoms. The molecular formula is C63H46N4. The van der Waals surface area contributed by atoms with Gasteiger partial charge in [-0.1, -0.05) is 178 Å². The number of para-hydroxylation sites is 2. The van der Waals surface area contributed by atoms with Gasteiger partial charge in [0.05, 0.1) is 33.2 Å². The van der Waals surface area contributed by atoms with Gasteiger partial charge < -0.3 is 4.57 Å². The van der Waals surface area contributed by atoms with Crippen LogP contribution in [0.3, 0.4) is 0 Å². The van der Waals surface area contributed by atoms with E-state index in [1.54, 1.807) is 0 Å². The fourth-order valence-corrected chi connectivity index (χ4v) is 11.8. The minimum atomic E-state index is -0.499. The Morgan fingerprint density at radius 2 is 1.22 bits per heavy atom. The number of fused-ring (bicyclic) bond motifs is 9. The Labute approximate surface area is 390 Å². The summed E-state index contributed by atoms with van der Waals surface area (Å²) >= 11 is 0. The highest BCUT2D eigenvalue weighted by atomic mass is 15.2. The molecule has 318 valence electrons. The Morgan fingerprint density at radius 3 is 2.01 bits per heavy atom. The van der Waals surface area contributed by atoms with Crippen molar-refractivity contribution < 1.29 is 0 Å². The van der Waals surface area contributed by atoms with Crippen LogP contribution in [-0.4, -0.2) is 19.1 Å². The van der Waals surface area contributed by atoms with Crippen LogP contribution in [0.25, 0.3) is 83.2 Å². The lowest BCUT2D eigenvalue weighted by atomic mass is 9.67. The van der Waals surface area contributed by atoms with E-state index in [0.717, 1.165) is 55.2 Å². The third-order valence-electron chi connectivity index (χ3n) is 14.9. The van der Waals surface area contributed by atoms with Gasteiger partial charge >= 0.3 is 0 Å². The van der Waals surface area contributed by atoms with Crippen LogP contribution in [0, 0.1) is 0 Å². The molecule has 2 aliphatic rings. The van der Waals surface area contributed by atoms with Gasteiger partial charge in [-0.2, -0.15) is 0 Å². The van der Waals surface area contributed by atoms with Crippen molar-refractivity contribution in [2.45, 2.75) is 31.6 Å². The molecule has 2 aliphatic carbocycles. The average Bonchev–Trinajstić information content (AvgIpc) is 4.07. The number of allylic oxidation sites excluding steroid dienone is 5. The summed E-state index contributed by atoms with van der Waals surface area (Å²) in [6, 6.07) is 68.7. The summed E-state index contributed by atoms with van der Waals surface area (Å²) in [4.78, 5) is 10.9. The summed E-state index contributed by atoms with van der Waals surface area (Å²) < 4.78 is 4.62. The molecule has 11 aromatic rings. The summed E-state index contributed by atoms with van der Waals surface area (Å²) in [6.45, 7) is 11.0. The highest BCUT2D eigenvalue weighted by Gasteiger charge is 2.45. The molecule has 0 unspecified atom stereocenters. The lowest BCUT2D eigenvalue weighted by molar-refractivity contribution is 0.660. The smallest absolute Gasteiger partial charge is 0.235 e. The first kappa shape index (κ1) is 39.1. The average molecular weight is 859 g/mol. The molecule has 4 heteroatoms. The normalized spacial score (nSPS) is 14.7. The van der Waals surface area contributed by atoms with Gasteiger partial charge in [0.15, 0.2) is 0 Å². The predicted molar refractivity (Wildman–Crippen MR) is 278 cm³/mol. The Bertz CT molecular complexity index is 3880. The summed E-state index contributed by atoms with van der Waals surface area (Å²) in [7, 11) is 0. The van der Waals surface area contributed by atoms with Crippen LogP contribution < -0.4 is 0 Å². The number of benzene rings is 8. The summed E-state index contributed by atoms with van der Waals surface area (Å²) in [6.07, 6.45) is 8.36. The summed E-state index contributed by atoms with van der Waals surface area (Å²) in [5.41, 5.74) is 19.4. The number of nitrogens with zero attached hydrogens (tertiary/aromatic N) is 4. The van der Waals surface area contributed by atoms with E-state index in [1.165, 1.54) is 61.0 Å². The van der Waals surface area contributed by atoms with Gasteiger partial charge in [-0.25, -0.2) is 9.97 Å². The highest BCUT2D eigenvalue weighted by Crippen LogP contribution is 2.55. The van der Waals surface area contributed by atoms with Crippen molar-refractivity contribution in [1.82, 2.24) is 19.1 Å². The predicted octanol–water partition coefficient (Wildman–Crippen LogP) is 15.5. The highest BCUT2D eigenvalue weighted by molar-refractivity contribution is 6.13. The molecule has 67 heavy (non-hydrogen) atoms. The van der Waals surface area contributed by atoms with E-state index in [4.69, 9.17) is 9.97 Å². The third-order valence-corrected chi connectivity index (χ3v) is 14.9. The van der Waals surface area contributed by atoms with Crippen molar-refractivity contribution in [1.29, 1.82) is 0 Å². The third kappa shape index (κ3) is 5.53. The zero-order valence-corrected chi connectivity index (χ0v) is 37.7. The summed E-state index contributed by atoms with van der Waals surface area (Å²) in [5, 5.41) is 4.52. The van der Waals surface area contributed by atoms with Crippen molar-refractivity contribution in [2.24, 2.45) is 0 Å². The molecule has 4 nitrogen and oxygen atoms in total. The van der Waals surface area contributed by atoms with E-state index >= 15 is 0 Å². The van der Waals surface area contributed by atoms with Crippen LogP contribution in [-0.2, 0) is 10.8 Å². The van der Waals surface area contributed by atoms with E-state index in [0.29, 0.717) is 5.95 Å². The van der Waals surface area contributed by atoms with Crippen molar-refractivity contribution >= 4 is 49.2 Å². The maximum Gasteiger partial charge on any atom is 0.235 e. The monoisotopic (exact) mass is 858 g/mol.